The maximum absolute atomic E-state index is 10.2. The van der Waals surface area contributed by atoms with Gasteiger partial charge in [-0.1, -0.05) is 37.3 Å². The van der Waals surface area contributed by atoms with Crippen molar-refractivity contribution in [3.05, 3.63) is 35.9 Å². The molecular weight excluding hydrogens is 212 g/mol. The number of carbonyl (C=O) groups excluding carboxylic acids is 1. The molecule has 1 aliphatic rings. The predicted molar refractivity (Wildman–Crippen MR) is 67.4 cm³/mol. The molecule has 1 unspecified atom stereocenters. The number of benzene rings is 1. The highest BCUT2D eigenvalue weighted by molar-refractivity contribution is 5.33. The molecule has 1 atom stereocenters. The Labute approximate surface area is 102 Å². The van der Waals surface area contributed by atoms with Crippen molar-refractivity contribution in [2.75, 3.05) is 19.6 Å². The molecule has 90 valence electrons. The Hall–Kier alpha value is -1.44. The minimum Gasteiger partial charge on any atom is -0.298 e. The molecule has 0 radical (unpaired) electrons. The lowest BCUT2D eigenvalue weighted by Gasteiger charge is -2.22. The summed E-state index contributed by atoms with van der Waals surface area (Å²) in [7, 11) is 0. The Morgan fingerprint density at radius 1 is 1.41 bits per heavy atom. The van der Waals surface area contributed by atoms with Crippen LogP contribution in [0.1, 0.15) is 18.9 Å². The van der Waals surface area contributed by atoms with Gasteiger partial charge in [-0.3, -0.25) is 4.90 Å². The molecule has 0 amide bonds. The Kier molecular flexibility index (Phi) is 3.72. The summed E-state index contributed by atoms with van der Waals surface area (Å²) in [5.41, 5.74) is 1.49. The molecule has 1 aromatic carbocycles. The summed E-state index contributed by atoms with van der Waals surface area (Å²) < 4.78 is 0. The summed E-state index contributed by atoms with van der Waals surface area (Å²) in [5, 5.41) is 0. The highest BCUT2D eigenvalue weighted by atomic mass is 16.1. The first-order valence-corrected chi connectivity index (χ1v) is 6.02. The molecule has 0 bridgehead atoms. The average Bonchev–Trinajstić information content (AvgIpc) is 2.70. The second-order valence-electron chi connectivity index (χ2n) is 5.16. The van der Waals surface area contributed by atoms with Crippen LogP contribution < -0.4 is 0 Å². The Morgan fingerprint density at radius 3 is 2.88 bits per heavy atom. The van der Waals surface area contributed by atoms with Gasteiger partial charge in [0.05, 0.1) is 6.54 Å². The average molecular weight is 230 g/mol. The fourth-order valence-electron chi connectivity index (χ4n) is 2.45. The summed E-state index contributed by atoms with van der Waals surface area (Å²) in [5.74, 6) is 0. The second-order valence-corrected chi connectivity index (χ2v) is 5.16. The van der Waals surface area contributed by atoms with E-state index in [1.165, 1.54) is 5.56 Å². The van der Waals surface area contributed by atoms with Crippen LogP contribution in [0, 0.1) is 5.41 Å². The topological polar surface area (TPSA) is 32.7 Å². The van der Waals surface area contributed by atoms with Crippen molar-refractivity contribution in [2.24, 2.45) is 10.4 Å². The fraction of sp³-hybridized carbons (Fsp3) is 0.500. The number of aliphatic imine (C=N–C) groups is 1. The molecule has 17 heavy (non-hydrogen) atoms. The van der Waals surface area contributed by atoms with Crippen molar-refractivity contribution in [1.82, 2.24) is 4.90 Å². The molecule has 0 N–H and O–H groups in total. The molecule has 0 aliphatic carbocycles. The molecule has 0 spiro atoms. The number of nitrogens with zero attached hydrogens (tertiary/aromatic N) is 2. The third-order valence-corrected chi connectivity index (χ3v) is 3.41. The van der Waals surface area contributed by atoms with Crippen molar-refractivity contribution in [1.29, 1.82) is 0 Å². The van der Waals surface area contributed by atoms with E-state index in [0.29, 0.717) is 6.54 Å². The molecule has 3 nitrogen and oxygen atoms in total. The van der Waals surface area contributed by atoms with Gasteiger partial charge in [-0.2, -0.15) is 0 Å². The number of likely N-dealkylation sites (tertiary alicyclic amines) is 1. The molecule has 1 saturated heterocycles. The minimum absolute atomic E-state index is 0.145. The maximum atomic E-state index is 10.2. The smallest absolute Gasteiger partial charge is 0.234 e. The van der Waals surface area contributed by atoms with Gasteiger partial charge in [0.25, 0.3) is 0 Å². The summed E-state index contributed by atoms with van der Waals surface area (Å²) in [4.78, 5) is 16.3. The van der Waals surface area contributed by atoms with E-state index in [4.69, 9.17) is 0 Å². The third-order valence-electron chi connectivity index (χ3n) is 3.41. The standard InChI is InChI=1S/C14H18N2O/c1-14(10-15-12-17)7-8-16(11-14)9-13-5-3-2-4-6-13/h2-6H,7-11H2,1H3. The van der Waals surface area contributed by atoms with Crippen LogP contribution in [-0.2, 0) is 11.3 Å². The van der Waals surface area contributed by atoms with E-state index in [-0.39, 0.29) is 5.41 Å². The van der Waals surface area contributed by atoms with Gasteiger partial charge in [0.2, 0.25) is 6.08 Å². The second kappa shape index (κ2) is 5.26. The molecule has 3 heteroatoms. The van der Waals surface area contributed by atoms with Crippen molar-refractivity contribution in [2.45, 2.75) is 19.9 Å². The van der Waals surface area contributed by atoms with Crippen LogP contribution in [0.15, 0.2) is 35.3 Å². The SMILES string of the molecule is CC1(CN=C=O)CCN(Cc2ccccc2)C1. The van der Waals surface area contributed by atoms with Crippen LogP contribution in [0.25, 0.3) is 0 Å². The molecular formula is C14H18N2O. The minimum atomic E-state index is 0.145. The Morgan fingerprint density at radius 2 is 2.18 bits per heavy atom. The summed E-state index contributed by atoms with van der Waals surface area (Å²) in [6, 6.07) is 10.5. The summed E-state index contributed by atoms with van der Waals surface area (Å²) in [6.45, 7) is 5.87. The van der Waals surface area contributed by atoms with Crippen molar-refractivity contribution in [3.63, 3.8) is 0 Å². The highest BCUT2D eigenvalue weighted by Gasteiger charge is 2.33. The van der Waals surface area contributed by atoms with Gasteiger partial charge in [-0.05, 0) is 18.5 Å². The monoisotopic (exact) mass is 230 g/mol. The summed E-state index contributed by atoms with van der Waals surface area (Å²) >= 11 is 0. The molecule has 0 aromatic heterocycles. The quantitative estimate of drug-likeness (QED) is 0.587. The van der Waals surface area contributed by atoms with Crippen LogP contribution in [0.4, 0.5) is 0 Å². The highest BCUT2D eigenvalue weighted by Crippen LogP contribution is 2.30. The van der Waals surface area contributed by atoms with Gasteiger partial charge in [0.15, 0.2) is 0 Å². The van der Waals surface area contributed by atoms with Crippen molar-refractivity contribution in [3.8, 4) is 0 Å². The maximum Gasteiger partial charge on any atom is 0.234 e. The van der Waals surface area contributed by atoms with Gasteiger partial charge >= 0.3 is 0 Å². The van der Waals surface area contributed by atoms with Crippen LogP contribution in [0.5, 0.6) is 0 Å². The van der Waals surface area contributed by atoms with Gasteiger partial charge in [0, 0.05) is 18.5 Å². The van der Waals surface area contributed by atoms with Crippen LogP contribution >= 0.6 is 0 Å². The third kappa shape index (κ3) is 3.26. The molecule has 2 rings (SSSR count). The van der Waals surface area contributed by atoms with E-state index in [9.17, 15) is 4.79 Å². The molecule has 1 heterocycles. The van der Waals surface area contributed by atoms with Crippen LogP contribution in [-0.4, -0.2) is 30.6 Å². The van der Waals surface area contributed by atoms with Crippen LogP contribution in [0.3, 0.4) is 0 Å². The van der Waals surface area contributed by atoms with Gasteiger partial charge in [-0.15, -0.1) is 0 Å². The van der Waals surface area contributed by atoms with E-state index >= 15 is 0 Å². The number of hydrogen-bond donors (Lipinski definition) is 0. The lowest BCUT2D eigenvalue weighted by Crippen LogP contribution is -2.26. The Bertz CT molecular complexity index is 411. The van der Waals surface area contributed by atoms with Crippen LogP contribution in [0.2, 0.25) is 0 Å². The lowest BCUT2D eigenvalue weighted by atomic mass is 9.90. The van der Waals surface area contributed by atoms with Crippen molar-refractivity contribution < 1.29 is 4.79 Å². The predicted octanol–water partition coefficient (Wildman–Crippen LogP) is 2.23. The van der Waals surface area contributed by atoms with E-state index < -0.39 is 0 Å². The van der Waals surface area contributed by atoms with Crippen molar-refractivity contribution >= 4 is 6.08 Å². The van der Waals surface area contributed by atoms with E-state index in [0.717, 1.165) is 26.1 Å². The zero-order chi connectivity index (χ0) is 12.1. The summed E-state index contributed by atoms with van der Waals surface area (Å²) in [6.07, 6.45) is 2.74. The molecule has 1 aromatic rings. The number of rotatable bonds is 4. The molecule has 1 fully saturated rings. The van der Waals surface area contributed by atoms with Gasteiger partial charge < -0.3 is 0 Å². The largest absolute Gasteiger partial charge is 0.298 e. The lowest BCUT2D eigenvalue weighted by molar-refractivity contribution is 0.275. The number of hydrogen-bond acceptors (Lipinski definition) is 3. The zero-order valence-corrected chi connectivity index (χ0v) is 10.2. The van der Waals surface area contributed by atoms with E-state index in [1.807, 2.05) is 6.07 Å². The first-order valence-electron chi connectivity index (χ1n) is 6.02. The first-order chi connectivity index (χ1) is 8.22. The zero-order valence-electron chi connectivity index (χ0n) is 10.2. The first kappa shape index (κ1) is 12.0. The van der Waals surface area contributed by atoms with E-state index in [2.05, 4.69) is 41.1 Å². The normalized spacial score (nSPS) is 24.5. The number of isocyanates is 1. The fourth-order valence-corrected chi connectivity index (χ4v) is 2.45. The van der Waals surface area contributed by atoms with Gasteiger partial charge in [0.1, 0.15) is 0 Å². The Balaban J connectivity index is 1.92. The van der Waals surface area contributed by atoms with E-state index in [1.54, 1.807) is 6.08 Å². The van der Waals surface area contributed by atoms with Gasteiger partial charge in [-0.25, -0.2) is 9.79 Å². The molecule has 1 aliphatic heterocycles. The molecule has 0 saturated carbocycles.